The largest absolute Gasteiger partial charge is 0.345 e. The lowest BCUT2D eigenvalue weighted by molar-refractivity contribution is -0.125. The van der Waals surface area contributed by atoms with Crippen molar-refractivity contribution in [3.8, 4) is 17.3 Å². The van der Waals surface area contributed by atoms with Crippen LogP contribution in [0.5, 0.6) is 0 Å². The van der Waals surface area contributed by atoms with E-state index in [9.17, 15) is 9.59 Å². The highest BCUT2D eigenvalue weighted by atomic mass is 16.2. The summed E-state index contributed by atoms with van der Waals surface area (Å²) in [5.74, 6) is -0.0511. The monoisotopic (exact) mass is 374 g/mol. The molecule has 1 N–H and O–H groups in total. The molecule has 0 saturated carbocycles. The van der Waals surface area contributed by atoms with Crippen molar-refractivity contribution in [1.82, 2.24) is 9.80 Å². The van der Waals surface area contributed by atoms with Crippen LogP contribution in [0.4, 0.5) is 5.69 Å². The van der Waals surface area contributed by atoms with Gasteiger partial charge in [0.2, 0.25) is 5.91 Å². The third kappa shape index (κ3) is 2.99. The second-order valence-electron chi connectivity index (χ2n) is 7.84. The highest BCUT2D eigenvalue weighted by Crippen LogP contribution is 2.41. The Labute approximate surface area is 164 Å². The predicted octanol–water partition coefficient (Wildman–Crippen LogP) is 2.72. The molecule has 2 aliphatic heterocycles. The van der Waals surface area contributed by atoms with Gasteiger partial charge < -0.3 is 15.1 Å². The topological polar surface area (TPSA) is 76.4 Å². The smallest absolute Gasteiger partial charge is 0.253 e. The zero-order valence-electron chi connectivity index (χ0n) is 16.0. The first kappa shape index (κ1) is 18.1. The van der Waals surface area contributed by atoms with Gasteiger partial charge in [-0.15, -0.1) is 0 Å². The molecule has 0 aromatic heterocycles. The zero-order valence-corrected chi connectivity index (χ0v) is 16.0. The lowest BCUT2D eigenvalue weighted by Crippen LogP contribution is -2.43. The fourth-order valence-electron chi connectivity index (χ4n) is 4.10. The number of amides is 2. The molecular formula is C22H22N4O2. The van der Waals surface area contributed by atoms with E-state index < -0.39 is 5.41 Å². The molecule has 2 aromatic rings. The number of anilines is 1. The minimum Gasteiger partial charge on any atom is -0.345 e. The Balaban J connectivity index is 1.64. The van der Waals surface area contributed by atoms with Gasteiger partial charge in [0.15, 0.2) is 6.19 Å². The van der Waals surface area contributed by atoms with Gasteiger partial charge in [0.05, 0.1) is 5.41 Å². The molecule has 1 fully saturated rings. The third-order valence-corrected chi connectivity index (χ3v) is 5.71. The summed E-state index contributed by atoms with van der Waals surface area (Å²) >= 11 is 0. The van der Waals surface area contributed by atoms with Crippen molar-refractivity contribution in [3.63, 3.8) is 0 Å². The number of benzene rings is 2. The molecule has 2 amide bonds. The van der Waals surface area contributed by atoms with Gasteiger partial charge in [-0.1, -0.05) is 24.3 Å². The van der Waals surface area contributed by atoms with E-state index in [2.05, 4.69) is 11.5 Å². The zero-order chi connectivity index (χ0) is 19.9. The van der Waals surface area contributed by atoms with E-state index in [1.165, 1.54) is 0 Å². The van der Waals surface area contributed by atoms with Crippen LogP contribution in [-0.4, -0.2) is 48.8 Å². The number of carbonyl (C=O) groups excluding carboxylic acids is 2. The van der Waals surface area contributed by atoms with Crippen LogP contribution >= 0.6 is 0 Å². The first-order valence-electron chi connectivity index (χ1n) is 9.33. The van der Waals surface area contributed by atoms with Crippen LogP contribution in [0.1, 0.15) is 22.3 Å². The minimum absolute atomic E-state index is 0.00793. The van der Waals surface area contributed by atoms with E-state index in [1.54, 1.807) is 30.0 Å². The average Bonchev–Trinajstić information content (AvgIpc) is 3.12. The maximum absolute atomic E-state index is 12.8. The normalized spacial score (nSPS) is 20.5. The van der Waals surface area contributed by atoms with Gasteiger partial charge in [0.25, 0.3) is 5.91 Å². The van der Waals surface area contributed by atoms with Crippen molar-refractivity contribution in [1.29, 1.82) is 5.26 Å². The van der Waals surface area contributed by atoms with Crippen LogP contribution in [0.2, 0.25) is 0 Å². The first-order valence-corrected chi connectivity index (χ1v) is 9.33. The second-order valence-corrected chi connectivity index (χ2v) is 7.84. The van der Waals surface area contributed by atoms with Crippen molar-refractivity contribution >= 4 is 17.5 Å². The van der Waals surface area contributed by atoms with Gasteiger partial charge in [-0.2, -0.15) is 5.26 Å². The Morgan fingerprint density at radius 2 is 2.00 bits per heavy atom. The number of fused-ring (bicyclic) bond motifs is 1. The molecule has 2 heterocycles. The summed E-state index contributed by atoms with van der Waals surface area (Å²) < 4.78 is 0. The number of hydrogen-bond donors (Lipinski definition) is 1. The SMILES string of the molecule is CN(C)C(=O)c1cccc(-c2ccc3c(c2)NC(=O)C2(CCN(C#N)C2)C3)c1. The van der Waals surface area contributed by atoms with Crippen LogP contribution in [-0.2, 0) is 11.2 Å². The molecule has 142 valence electrons. The quantitative estimate of drug-likeness (QED) is 0.820. The van der Waals surface area contributed by atoms with Gasteiger partial charge in [-0.3, -0.25) is 9.59 Å². The van der Waals surface area contributed by atoms with Crippen LogP contribution in [0.25, 0.3) is 11.1 Å². The highest BCUT2D eigenvalue weighted by Gasteiger charge is 2.47. The number of nitrogens with one attached hydrogen (secondary N) is 1. The van der Waals surface area contributed by atoms with E-state index in [0.29, 0.717) is 31.5 Å². The Bertz CT molecular complexity index is 1010. The van der Waals surface area contributed by atoms with Crippen molar-refractivity contribution in [2.45, 2.75) is 12.8 Å². The van der Waals surface area contributed by atoms with Crippen LogP contribution in [0.15, 0.2) is 42.5 Å². The molecule has 2 aliphatic rings. The average molecular weight is 374 g/mol. The Morgan fingerprint density at radius 3 is 2.71 bits per heavy atom. The molecule has 2 aromatic carbocycles. The summed E-state index contributed by atoms with van der Waals surface area (Å²) in [5.41, 5.74) is 3.90. The van der Waals surface area contributed by atoms with E-state index in [0.717, 1.165) is 22.4 Å². The second kappa shape index (κ2) is 6.68. The number of nitriles is 1. The maximum Gasteiger partial charge on any atom is 0.253 e. The Hall–Kier alpha value is -3.33. The number of rotatable bonds is 2. The third-order valence-electron chi connectivity index (χ3n) is 5.71. The van der Waals surface area contributed by atoms with Gasteiger partial charge in [-0.05, 0) is 47.7 Å². The summed E-state index contributed by atoms with van der Waals surface area (Å²) in [6.07, 6.45) is 3.50. The van der Waals surface area contributed by atoms with Gasteiger partial charge >= 0.3 is 0 Å². The summed E-state index contributed by atoms with van der Waals surface area (Å²) in [4.78, 5) is 28.3. The van der Waals surface area contributed by atoms with Gasteiger partial charge in [0.1, 0.15) is 0 Å². The van der Waals surface area contributed by atoms with E-state index in [1.807, 2.05) is 36.4 Å². The molecule has 6 nitrogen and oxygen atoms in total. The molecule has 1 unspecified atom stereocenters. The molecule has 1 atom stereocenters. The molecule has 0 radical (unpaired) electrons. The molecule has 28 heavy (non-hydrogen) atoms. The standard InChI is InChI=1S/C22H22N4O2/c1-25(2)20(27)17-5-3-4-15(10-17)16-6-7-18-12-22(8-9-26(13-22)14-23)21(28)24-19(18)11-16/h3-7,10-11H,8-9,12-13H2,1-2H3,(H,24,28). The lowest BCUT2D eigenvalue weighted by atomic mass is 9.76. The van der Waals surface area contributed by atoms with Crippen molar-refractivity contribution in [3.05, 3.63) is 53.6 Å². The fraction of sp³-hybridized carbons (Fsp3) is 0.318. The summed E-state index contributed by atoms with van der Waals surface area (Å²) in [6, 6.07) is 13.5. The van der Waals surface area contributed by atoms with Crippen LogP contribution in [0, 0.1) is 16.9 Å². The van der Waals surface area contributed by atoms with Crippen LogP contribution < -0.4 is 5.32 Å². The van der Waals surface area contributed by atoms with E-state index in [-0.39, 0.29) is 11.8 Å². The molecule has 0 bridgehead atoms. The highest BCUT2D eigenvalue weighted by molar-refractivity contribution is 6.00. The summed E-state index contributed by atoms with van der Waals surface area (Å²) in [5, 5.41) is 12.2. The van der Waals surface area contributed by atoms with E-state index >= 15 is 0 Å². The van der Waals surface area contributed by atoms with E-state index in [4.69, 9.17) is 5.26 Å². The number of hydrogen-bond acceptors (Lipinski definition) is 4. The molecule has 1 saturated heterocycles. The van der Waals surface area contributed by atoms with Crippen LogP contribution in [0.3, 0.4) is 0 Å². The molecule has 4 rings (SSSR count). The lowest BCUT2D eigenvalue weighted by Gasteiger charge is -2.33. The Morgan fingerprint density at radius 1 is 1.21 bits per heavy atom. The number of nitrogens with zero attached hydrogens (tertiary/aromatic N) is 3. The fourth-order valence-corrected chi connectivity index (χ4v) is 4.10. The van der Waals surface area contributed by atoms with Crippen molar-refractivity contribution < 1.29 is 9.59 Å². The molecule has 0 aliphatic carbocycles. The Kier molecular flexibility index (Phi) is 4.31. The summed E-state index contributed by atoms with van der Waals surface area (Å²) in [6.45, 7) is 1.11. The molecule has 6 heteroatoms. The number of likely N-dealkylation sites (tertiary alicyclic amines) is 1. The molecular weight excluding hydrogens is 352 g/mol. The molecule has 1 spiro atoms. The predicted molar refractivity (Wildman–Crippen MR) is 106 cm³/mol. The first-order chi connectivity index (χ1) is 13.4. The van der Waals surface area contributed by atoms with Gasteiger partial charge in [-0.25, -0.2) is 0 Å². The van der Waals surface area contributed by atoms with Crippen molar-refractivity contribution in [2.75, 3.05) is 32.5 Å². The number of carbonyl (C=O) groups is 2. The maximum atomic E-state index is 12.8. The minimum atomic E-state index is -0.512. The van der Waals surface area contributed by atoms with Gasteiger partial charge in [0, 0.05) is 38.4 Å². The van der Waals surface area contributed by atoms with Crippen molar-refractivity contribution in [2.24, 2.45) is 5.41 Å². The summed E-state index contributed by atoms with van der Waals surface area (Å²) in [7, 11) is 3.46.